The summed E-state index contributed by atoms with van der Waals surface area (Å²) in [5.74, 6) is -0.882. The number of aryl methyl sites for hydroxylation is 1. The molecule has 1 fully saturated rings. The summed E-state index contributed by atoms with van der Waals surface area (Å²) in [6, 6.07) is 19.8. The highest BCUT2D eigenvalue weighted by atomic mass is 32.2. The van der Waals surface area contributed by atoms with Gasteiger partial charge in [0.05, 0.1) is 16.4 Å². The summed E-state index contributed by atoms with van der Waals surface area (Å²) in [7, 11) is -2.01. The van der Waals surface area contributed by atoms with Gasteiger partial charge in [-0.25, -0.2) is 8.42 Å². The smallest absolute Gasteiger partial charge is 0.340 e. The predicted octanol–water partition coefficient (Wildman–Crippen LogP) is 4.54. The van der Waals surface area contributed by atoms with Gasteiger partial charge in [0.2, 0.25) is 10.0 Å². The number of aromatic nitrogens is 1. The lowest BCUT2D eigenvalue weighted by Gasteiger charge is -2.20. The molecule has 10 heteroatoms. The Hall–Kier alpha value is -3.99. The van der Waals surface area contributed by atoms with Crippen LogP contribution < -0.4 is 5.32 Å². The fraction of sp³-hybridized carbons (Fsp3) is 0.400. The highest BCUT2D eigenvalue weighted by Gasteiger charge is 2.33. The number of hydrogen-bond donors (Lipinski definition) is 1. The number of rotatable bonds is 7. The van der Waals surface area contributed by atoms with Gasteiger partial charge < -0.3 is 9.88 Å². The number of benzene rings is 2. The summed E-state index contributed by atoms with van der Waals surface area (Å²) in [5, 5.41) is 13.2. The zero-order valence-corrected chi connectivity index (χ0v) is 23.8. The van der Waals surface area contributed by atoms with E-state index in [2.05, 4.69) is 16.2 Å². The molecule has 1 aliphatic rings. The molecule has 4 rings (SSSR count). The van der Waals surface area contributed by atoms with E-state index in [4.69, 9.17) is 0 Å². The summed E-state index contributed by atoms with van der Waals surface area (Å²) in [5.41, 5.74) is 1.49. The number of nitriles is 1. The van der Waals surface area contributed by atoms with E-state index in [0.717, 1.165) is 10.9 Å². The maximum absolute atomic E-state index is 13.2. The van der Waals surface area contributed by atoms with E-state index in [-0.39, 0.29) is 34.7 Å². The third-order valence-electron chi connectivity index (χ3n) is 7.16. The molecule has 2 atom stereocenters. The number of hydrogen-bond acceptors (Lipinski definition) is 5. The van der Waals surface area contributed by atoms with Crippen molar-refractivity contribution >= 4 is 32.7 Å². The molecule has 3 aromatic rings. The Morgan fingerprint density at radius 3 is 2.55 bits per heavy atom. The number of para-hydroxylation sites is 1. The largest absolute Gasteiger partial charge is 0.537 e. The van der Waals surface area contributed by atoms with Gasteiger partial charge in [-0.1, -0.05) is 44.2 Å². The molecular formula is C30H34N5O4S+. The van der Waals surface area contributed by atoms with E-state index in [1.54, 1.807) is 22.8 Å². The Bertz CT molecular complexity index is 1620. The molecule has 1 aliphatic heterocycles. The third-order valence-corrected chi connectivity index (χ3v) is 9.12. The SMILES string of the molecule is CC(C)C[C@H](NC(=O)c1cc2ccccc2n1C)C(=O)[N+]#CC1CCCN(S(=O)(=O)c2ccccc2C#N)CC1. The second-order valence-electron chi connectivity index (χ2n) is 10.5. The average molecular weight is 561 g/mol. The fourth-order valence-electron chi connectivity index (χ4n) is 5.03. The molecule has 9 nitrogen and oxygen atoms in total. The lowest BCUT2D eigenvalue weighted by atomic mass is 10.0. The van der Waals surface area contributed by atoms with Gasteiger partial charge in [0, 0.05) is 35.9 Å². The van der Waals surface area contributed by atoms with E-state index < -0.39 is 22.0 Å². The number of carbonyl (C=O) groups is 2. The lowest BCUT2D eigenvalue weighted by molar-refractivity contribution is -0.116. The van der Waals surface area contributed by atoms with E-state index in [0.29, 0.717) is 37.9 Å². The minimum atomic E-state index is -3.83. The summed E-state index contributed by atoms with van der Waals surface area (Å²) < 4.78 is 29.6. The van der Waals surface area contributed by atoms with Crippen LogP contribution in [0.5, 0.6) is 0 Å². The van der Waals surface area contributed by atoms with E-state index in [1.807, 2.05) is 51.2 Å². The molecule has 40 heavy (non-hydrogen) atoms. The van der Waals surface area contributed by atoms with Crippen LogP contribution in [0.1, 0.15) is 55.6 Å². The van der Waals surface area contributed by atoms with E-state index in [1.165, 1.54) is 16.4 Å². The third kappa shape index (κ3) is 6.41. The van der Waals surface area contributed by atoms with Gasteiger partial charge >= 0.3 is 5.91 Å². The van der Waals surface area contributed by atoms with Crippen molar-refractivity contribution in [2.45, 2.75) is 50.5 Å². The number of carbonyl (C=O) groups excluding carboxylic acids is 2. The molecule has 1 unspecified atom stereocenters. The molecule has 0 saturated carbocycles. The van der Waals surface area contributed by atoms with Gasteiger partial charge in [0.25, 0.3) is 12.0 Å². The number of nitrogens with zero attached hydrogens (tertiary/aromatic N) is 4. The fourth-order valence-corrected chi connectivity index (χ4v) is 6.66. The monoisotopic (exact) mass is 560 g/mol. The molecule has 2 amide bonds. The summed E-state index contributed by atoms with van der Waals surface area (Å²) >= 11 is 0. The van der Waals surface area contributed by atoms with Crippen molar-refractivity contribution < 1.29 is 18.0 Å². The van der Waals surface area contributed by atoms with Crippen LogP contribution in [-0.4, -0.2) is 48.2 Å². The quantitative estimate of drug-likeness (QED) is 0.455. The molecule has 1 aromatic heterocycles. The normalized spacial score (nSPS) is 16.9. The molecule has 1 N–H and O–H groups in total. The van der Waals surface area contributed by atoms with Gasteiger partial charge in [-0.3, -0.25) is 4.79 Å². The molecule has 208 valence electrons. The van der Waals surface area contributed by atoms with Gasteiger partial charge in [0.15, 0.2) is 6.04 Å². The van der Waals surface area contributed by atoms with Gasteiger partial charge in [-0.2, -0.15) is 14.4 Å². The van der Waals surface area contributed by atoms with Crippen LogP contribution in [-0.2, 0) is 21.9 Å². The minimum Gasteiger partial charge on any atom is -0.340 e. The number of fused-ring (bicyclic) bond motifs is 1. The first-order valence-electron chi connectivity index (χ1n) is 13.5. The minimum absolute atomic E-state index is 0.00200. The molecule has 2 aromatic carbocycles. The standard InChI is InChI=1S/C30H33N5O4S/c1-21(2)17-25(33-30(37)27-18-23-10-4-6-12-26(23)34(27)3)29(36)32-20-22-9-8-15-35(16-14-22)40(38,39)28-13-7-5-11-24(28)19-31/h4-7,10-13,18,21-22,25H,8-9,14-17H2,1-3H3/p+1/t22?,25-/m0/s1. The first-order chi connectivity index (χ1) is 19.1. The molecule has 0 radical (unpaired) electrons. The van der Waals surface area contributed by atoms with Crippen LogP contribution in [0.3, 0.4) is 0 Å². The highest BCUT2D eigenvalue weighted by molar-refractivity contribution is 7.89. The Morgan fingerprint density at radius 1 is 1.10 bits per heavy atom. The van der Waals surface area contributed by atoms with Gasteiger partial charge in [-0.15, -0.1) is 0 Å². The van der Waals surface area contributed by atoms with E-state index >= 15 is 0 Å². The Morgan fingerprint density at radius 2 is 1.82 bits per heavy atom. The van der Waals surface area contributed by atoms with Crippen molar-refractivity contribution in [1.82, 2.24) is 14.2 Å². The zero-order valence-electron chi connectivity index (χ0n) is 23.0. The first kappa shape index (κ1) is 29.0. The highest BCUT2D eigenvalue weighted by Crippen LogP contribution is 2.25. The Labute approximate surface area is 235 Å². The predicted molar refractivity (Wildman–Crippen MR) is 153 cm³/mol. The summed E-state index contributed by atoms with van der Waals surface area (Å²) in [4.78, 5) is 30.4. The van der Waals surface area contributed by atoms with Crippen molar-refractivity contribution in [3.63, 3.8) is 0 Å². The van der Waals surface area contributed by atoms with Crippen molar-refractivity contribution in [3.8, 4) is 12.1 Å². The molecule has 0 spiro atoms. The molecule has 2 heterocycles. The second kappa shape index (κ2) is 12.5. The first-order valence-corrected chi connectivity index (χ1v) is 14.9. The van der Waals surface area contributed by atoms with Crippen LogP contribution in [0, 0.1) is 29.2 Å². The van der Waals surface area contributed by atoms with Crippen LogP contribution in [0.2, 0.25) is 0 Å². The van der Waals surface area contributed by atoms with Crippen LogP contribution in [0.15, 0.2) is 59.5 Å². The molecule has 1 saturated heterocycles. The molecule has 0 bridgehead atoms. The van der Waals surface area contributed by atoms with Gasteiger partial charge in [0.1, 0.15) is 11.8 Å². The van der Waals surface area contributed by atoms with Crippen LogP contribution in [0.4, 0.5) is 0 Å². The van der Waals surface area contributed by atoms with Crippen molar-refractivity contribution in [2.24, 2.45) is 18.9 Å². The maximum Gasteiger partial charge on any atom is 0.537 e. The lowest BCUT2D eigenvalue weighted by Crippen LogP contribution is -2.41. The van der Waals surface area contributed by atoms with E-state index in [9.17, 15) is 23.3 Å². The van der Waals surface area contributed by atoms with Crippen molar-refractivity contribution in [1.29, 1.82) is 5.26 Å². The number of amides is 2. The summed E-state index contributed by atoms with van der Waals surface area (Å²) in [6.45, 7) is 4.49. The Balaban J connectivity index is 1.45. The van der Waals surface area contributed by atoms with Crippen molar-refractivity contribution in [2.75, 3.05) is 13.1 Å². The Kier molecular flexibility index (Phi) is 9.03. The van der Waals surface area contributed by atoms with Crippen LogP contribution >= 0.6 is 0 Å². The van der Waals surface area contributed by atoms with Crippen molar-refractivity contribution in [3.05, 3.63) is 70.7 Å². The molecule has 0 aliphatic carbocycles. The van der Waals surface area contributed by atoms with Crippen LogP contribution in [0.25, 0.3) is 15.7 Å². The summed E-state index contributed by atoms with van der Waals surface area (Å²) in [6.07, 6.45) is 2.07. The maximum atomic E-state index is 13.2. The average Bonchev–Trinajstić information content (AvgIpc) is 3.10. The number of nitrogens with one attached hydrogen (secondary N) is 1. The molecular weight excluding hydrogens is 526 g/mol. The van der Waals surface area contributed by atoms with Gasteiger partial charge in [-0.05, 0) is 55.9 Å². The second-order valence-corrected chi connectivity index (χ2v) is 12.4. The zero-order chi connectivity index (χ0) is 28.9. The number of sulfonamides is 1. The topological polar surface area (TPSA) is 117 Å².